The van der Waals surface area contributed by atoms with Crippen LogP contribution in [0.4, 0.5) is 4.39 Å². The van der Waals surface area contributed by atoms with E-state index in [0.29, 0.717) is 11.3 Å². The maximum atomic E-state index is 13.7. The monoisotopic (exact) mass is 285 g/mol. The van der Waals surface area contributed by atoms with Gasteiger partial charge < -0.3 is 0 Å². The van der Waals surface area contributed by atoms with E-state index in [-0.39, 0.29) is 11.4 Å². The van der Waals surface area contributed by atoms with E-state index in [9.17, 15) is 4.39 Å². The van der Waals surface area contributed by atoms with Crippen molar-refractivity contribution in [3.8, 4) is 6.07 Å². The van der Waals surface area contributed by atoms with E-state index in [1.807, 2.05) is 12.1 Å². The number of nitriles is 1. The van der Waals surface area contributed by atoms with Crippen molar-refractivity contribution in [2.75, 3.05) is 0 Å². The number of rotatable bonds is 4. The first-order valence-electron chi connectivity index (χ1n) is 8.38. The Bertz CT molecular complexity index is 549. The quantitative estimate of drug-likeness (QED) is 0.711. The van der Waals surface area contributed by atoms with Gasteiger partial charge in [-0.25, -0.2) is 4.39 Å². The minimum Gasteiger partial charge on any atom is -0.206 e. The molecule has 1 unspecified atom stereocenters. The Kier molecular flexibility index (Phi) is 4.02. The molecule has 21 heavy (non-hydrogen) atoms. The number of hydrogen-bond donors (Lipinski definition) is 0. The van der Waals surface area contributed by atoms with Gasteiger partial charge in [-0.1, -0.05) is 25.8 Å². The number of hydrogen-bond acceptors (Lipinski definition) is 1. The Labute approximate surface area is 127 Å². The smallest absolute Gasteiger partial charge is 0.141 e. The molecule has 0 radical (unpaired) electrons. The van der Waals surface area contributed by atoms with Crippen molar-refractivity contribution in [3.05, 3.63) is 35.1 Å². The summed E-state index contributed by atoms with van der Waals surface area (Å²) >= 11 is 0. The van der Waals surface area contributed by atoms with Crippen LogP contribution in [-0.2, 0) is 0 Å². The van der Waals surface area contributed by atoms with Crippen LogP contribution in [0.25, 0.3) is 0 Å². The van der Waals surface area contributed by atoms with E-state index in [1.54, 1.807) is 12.1 Å². The van der Waals surface area contributed by atoms with E-state index >= 15 is 0 Å². The average molecular weight is 285 g/mol. The summed E-state index contributed by atoms with van der Waals surface area (Å²) in [6.45, 7) is 2.27. The molecule has 0 amide bonds. The highest BCUT2D eigenvalue weighted by Crippen LogP contribution is 2.64. The Balaban J connectivity index is 1.59. The van der Waals surface area contributed by atoms with Crippen molar-refractivity contribution in [2.45, 2.75) is 64.2 Å². The van der Waals surface area contributed by atoms with Crippen molar-refractivity contribution in [1.82, 2.24) is 0 Å². The van der Waals surface area contributed by atoms with Gasteiger partial charge in [0.2, 0.25) is 0 Å². The van der Waals surface area contributed by atoms with E-state index in [0.717, 1.165) is 11.5 Å². The molecule has 0 aliphatic heterocycles. The first-order chi connectivity index (χ1) is 10.2. The van der Waals surface area contributed by atoms with Crippen molar-refractivity contribution in [2.24, 2.45) is 11.3 Å². The maximum absolute atomic E-state index is 13.7. The highest BCUT2D eigenvalue weighted by atomic mass is 19.1. The molecule has 1 spiro atoms. The van der Waals surface area contributed by atoms with Gasteiger partial charge in [-0.2, -0.15) is 5.26 Å². The largest absolute Gasteiger partial charge is 0.206 e. The third kappa shape index (κ3) is 2.84. The van der Waals surface area contributed by atoms with Gasteiger partial charge in [-0.05, 0) is 73.5 Å². The predicted molar refractivity (Wildman–Crippen MR) is 82.4 cm³/mol. The van der Waals surface area contributed by atoms with Gasteiger partial charge >= 0.3 is 0 Å². The molecule has 1 nitrogen and oxygen atoms in total. The molecular formula is C19H24FN. The average Bonchev–Trinajstić information content (AvgIpc) is 3.18. The second-order valence-corrected chi connectivity index (χ2v) is 7.03. The predicted octanol–water partition coefficient (Wildman–Crippen LogP) is 5.55. The fourth-order valence-corrected chi connectivity index (χ4v) is 4.30. The highest BCUT2D eigenvalue weighted by Gasteiger charge is 2.53. The molecule has 2 aliphatic rings. The number of nitrogens with zero attached hydrogens (tertiary/aromatic N) is 1. The molecule has 3 rings (SSSR count). The maximum Gasteiger partial charge on any atom is 0.141 e. The molecule has 1 aromatic rings. The van der Waals surface area contributed by atoms with Gasteiger partial charge in [0.15, 0.2) is 0 Å². The lowest BCUT2D eigenvalue weighted by molar-refractivity contribution is 0.275. The highest BCUT2D eigenvalue weighted by molar-refractivity contribution is 5.35. The zero-order valence-corrected chi connectivity index (χ0v) is 12.9. The normalized spacial score (nSPS) is 31.1. The van der Waals surface area contributed by atoms with Crippen LogP contribution in [0.5, 0.6) is 0 Å². The van der Waals surface area contributed by atoms with Gasteiger partial charge in [0.05, 0.1) is 5.56 Å². The summed E-state index contributed by atoms with van der Waals surface area (Å²) in [7, 11) is 0. The summed E-state index contributed by atoms with van der Waals surface area (Å²) in [4.78, 5) is 0. The van der Waals surface area contributed by atoms with Crippen molar-refractivity contribution in [1.29, 1.82) is 5.26 Å². The Morgan fingerprint density at radius 3 is 2.71 bits per heavy atom. The third-order valence-electron chi connectivity index (χ3n) is 5.83. The molecule has 0 aromatic heterocycles. The topological polar surface area (TPSA) is 23.8 Å². The van der Waals surface area contributed by atoms with Gasteiger partial charge in [-0.15, -0.1) is 0 Å². The number of unbranched alkanes of at least 4 members (excludes halogenated alkanes) is 1. The summed E-state index contributed by atoms with van der Waals surface area (Å²) in [5.41, 5.74) is 1.90. The first kappa shape index (κ1) is 14.6. The van der Waals surface area contributed by atoms with Crippen LogP contribution in [0.3, 0.4) is 0 Å². The molecule has 2 heteroatoms. The lowest BCUT2D eigenvalue weighted by Crippen LogP contribution is -2.16. The molecule has 0 saturated heterocycles. The minimum absolute atomic E-state index is 0.160. The van der Waals surface area contributed by atoms with E-state index < -0.39 is 0 Å². The standard InChI is InChI=1S/C19H24FN/c1-2-3-4-17-12-19(17)9-7-14(8-10-19)15-5-6-16(13-21)18(20)11-15/h5-6,11,14,17H,2-4,7-10,12H2,1H3. The lowest BCUT2D eigenvalue weighted by Gasteiger charge is -2.30. The van der Waals surface area contributed by atoms with Crippen molar-refractivity contribution in [3.63, 3.8) is 0 Å². The fraction of sp³-hybridized carbons (Fsp3) is 0.632. The summed E-state index contributed by atoms with van der Waals surface area (Å²) in [5, 5.41) is 8.81. The SMILES string of the molecule is CCCCC1CC12CCC(c1ccc(C#N)c(F)c1)CC2. The lowest BCUT2D eigenvalue weighted by atomic mass is 9.75. The van der Waals surface area contributed by atoms with Crippen LogP contribution in [0.15, 0.2) is 18.2 Å². The Morgan fingerprint density at radius 2 is 2.10 bits per heavy atom. The molecule has 0 bridgehead atoms. The van der Waals surface area contributed by atoms with E-state index in [2.05, 4.69) is 6.92 Å². The molecule has 0 N–H and O–H groups in total. The molecular weight excluding hydrogens is 261 g/mol. The molecule has 2 saturated carbocycles. The van der Waals surface area contributed by atoms with Crippen LogP contribution >= 0.6 is 0 Å². The Hall–Kier alpha value is -1.36. The zero-order chi connectivity index (χ0) is 14.9. The molecule has 112 valence electrons. The zero-order valence-electron chi connectivity index (χ0n) is 12.9. The second kappa shape index (κ2) is 5.79. The molecule has 2 fully saturated rings. The molecule has 1 atom stereocenters. The summed E-state index contributed by atoms with van der Waals surface area (Å²) in [6, 6.07) is 7.07. The molecule has 1 aromatic carbocycles. The first-order valence-corrected chi connectivity index (χ1v) is 8.38. The van der Waals surface area contributed by atoms with E-state index in [1.165, 1.54) is 51.4 Å². The van der Waals surface area contributed by atoms with Gasteiger partial charge in [0, 0.05) is 0 Å². The minimum atomic E-state index is -0.359. The van der Waals surface area contributed by atoms with Crippen LogP contribution in [0, 0.1) is 28.5 Å². The summed E-state index contributed by atoms with van der Waals surface area (Å²) in [6.07, 6.45) is 10.5. The van der Waals surface area contributed by atoms with Crippen LogP contribution < -0.4 is 0 Å². The number of halogens is 1. The van der Waals surface area contributed by atoms with Gasteiger partial charge in [0.1, 0.15) is 11.9 Å². The van der Waals surface area contributed by atoms with E-state index in [4.69, 9.17) is 5.26 Å². The van der Waals surface area contributed by atoms with Gasteiger partial charge in [0.25, 0.3) is 0 Å². The summed E-state index contributed by atoms with van der Waals surface area (Å²) < 4.78 is 13.7. The molecule has 2 aliphatic carbocycles. The van der Waals surface area contributed by atoms with Gasteiger partial charge in [-0.3, -0.25) is 0 Å². The number of benzene rings is 1. The summed E-state index contributed by atoms with van der Waals surface area (Å²) in [5.74, 6) is 1.10. The fourth-order valence-electron chi connectivity index (χ4n) is 4.30. The van der Waals surface area contributed by atoms with Crippen molar-refractivity contribution >= 4 is 0 Å². The Morgan fingerprint density at radius 1 is 1.33 bits per heavy atom. The van der Waals surface area contributed by atoms with Crippen LogP contribution in [0.1, 0.15) is 75.3 Å². The third-order valence-corrected chi connectivity index (χ3v) is 5.83. The second-order valence-electron chi connectivity index (χ2n) is 7.03. The van der Waals surface area contributed by atoms with Crippen LogP contribution in [0.2, 0.25) is 0 Å². The van der Waals surface area contributed by atoms with Crippen LogP contribution in [-0.4, -0.2) is 0 Å². The molecule has 0 heterocycles. The van der Waals surface area contributed by atoms with Crippen molar-refractivity contribution < 1.29 is 4.39 Å².